The van der Waals surface area contributed by atoms with Crippen molar-refractivity contribution in [2.24, 2.45) is 0 Å². The van der Waals surface area contributed by atoms with Crippen molar-refractivity contribution in [2.45, 2.75) is 19.1 Å². The van der Waals surface area contributed by atoms with Crippen LogP contribution in [-0.2, 0) is 4.74 Å². The molecule has 2 rings (SSSR count). The Labute approximate surface area is 128 Å². The van der Waals surface area contributed by atoms with Crippen LogP contribution >= 0.6 is 23.2 Å². The lowest BCUT2D eigenvalue weighted by atomic mass is 10.1. The standard InChI is InChI=1S/C14H17Cl2NO3/c1-9-8-20-11(7-18)5-17(9)6-14(19)12-4-10(15)2-3-13(12)16/h2-4,9,11,18H,5-8H2,1H3. The zero-order valence-corrected chi connectivity index (χ0v) is 12.7. The van der Waals surface area contributed by atoms with Crippen molar-refractivity contribution in [1.29, 1.82) is 0 Å². The topological polar surface area (TPSA) is 49.8 Å². The maximum Gasteiger partial charge on any atom is 0.178 e. The van der Waals surface area contributed by atoms with Crippen LogP contribution in [0.25, 0.3) is 0 Å². The number of hydrogen-bond acceptors (Lipinski definition) is 4. The molecule has 110 valence electrons. The predicted octanol–water partition coefficient (Wildman–Crippen LogP) is 2.26. The summed E-state index contributed by atoms with van der Waals surface area (Å²) in [5, 5.41) is 10.0. The number of hydrogen-bond donors (Lipinski definition) is 1. The Hall–Kier alpha value is -0.650. The van der Waals surface area contributed by atoms with E-state index in [1.165, 1.54) is 0 Å². The lowest BCUT2D eigenvalue weighted by Gasteiger charge is -2.36. The summed E-state index contributed by atoms with van der Waals surface area (Å²) < 4.78 is 5.45. The number of aliphatic hydroxyl groups excluding tert-OH is 1. The Morgan fingerprint density at radius 1 is 1.50 bits per heavy atom. The number of aliphatic hydroxyl groups is 1. The molecule has 6 heteroatoms. The first-order valence-corrected chi connectivity index (χ1v) is 7.21. The van der Waals surface area contributed by atoms with Crippen molar-refractivity contribution in [3.05, 3.63) is 33.8 Å². The normalized spacial score (nSPS) is 23.8. The molecule has 0 radical (unpaired) electrons. The SMILES string of the molecule is CC1COC(CO)CN1CC(=O)c1cc(Cl)ccc1Cl. The number of ether oxygens (including phenoxy) is 1. The van der Waals surface area contributed by atoms with Gasteiger partial charge in [0.25, 0.3) is 0 Å². The zero-order chi connectivity index (χ0) is 14.7. The maximum absolute atomic E-state index is 12.3. The first kappa shape index (κ1) is 15.7. The van der Waals surface area contributed by atoms with Gasteiger partial charge in [0, 0.05) is 23.2 Å². The van der Waals surface area contributed by atoms with E-state index in [1.807, 2.05) is 11.8 Å². The molecule has 0 amide bonds. The van der Waals surface area contributed by atoms with Crippen molar-refractivity contribution in [3.8, 4) is 0 Å². The monoisotopic (exact) mass is 317 g/mol. The first-order valence-electron chi connectivity index (χ1n) is 6.46. The summed E-state index contributed by atoms with van der Waals surface area (Å²) in [5.41, 5.74) is 0.429. The molecule has 0 bridgehead atoms. The quantitative estimate of drug-likeness (QED) is 0.865. The highest BCUT2D eigenvalue weighted by Crippen LogP contribution is 2.22. The summed E-state index contributed by atoms with van der Waals surface area (Å²) in [6.45, 7) is 3.21. The van der Waals surface area contributed by atoms with Gasteiger partial charge in [-0.3, -0.25) is 9.69 Å². The van der Waals surface area contributed by atoms with Gasteiger partial charge < -0.3 is 9.84 Å². The number of Topliss-reactive ketones (excluding diaryl/α,β-unsaturated/α-hetero) is 1. The van der Waals surface area contributed by atoms with Crippen molar-refractivity contribution >= 4 is 29.0 Å². The fourth-order valence-electron chi connectivity index (χ4n) is 2.19. The number of benzene rings is 1. The smallest absolute Gasteiger partial charge is 0.178 e. The highest BCUT2D eigenvalue weighted by Gasteiger charge is 2.27. The summed E-state index contributed by atoms with van der Waals surface area (Å²) in [6, 6.07) is 4.98. The largest absolute Gasteiger partial charge is 0.394 e. The molecule has 1 heterocycles. The highest BCUT2D eigenvalue weighted by atomic mass is 35.5. The second-order valence-electron chi connectivity index (χ2n) is 4.96. The fraction of sp³-hybridized carbons (Fsp3) is 0.500. The molecule has 1 aromatic rings. The number of carbonyl (C=O) groups excluding carboxylic acids is 1. The Bertz CT molecular complexity index is 495. The third-order valence-electron chi connectivity index (χ3n) is 3.41. The highest BCUT2D eigenvalue weighted by molar-refractivity contribution is 6.36. The predicted molar refractivity (Wildman–Crippen MR) is 78.7 cm³/mol. The molecule has 0 aliphatic carbocycles. The average molecular weight is 318 g/mol. The first-order chi connectivity index (χ1) is 9.51. The van der Waals surface area contributed by atoms with Crippen LogP contribution < -0.4 is 0 Å². The third-order valence-corrected chi connectivity index (χ3v) is 3.98. The van der Waals surface area contributed by atoms with Gasteiger partial charge in [-0.1, -0.05) is 23.2 Å². The van der Waals surface area contributed by atoms with Crippen molar-refractivity contribution in [2.75, 3.05) is 26.3 Å². The van der Waals surface area contributed by atoms with Gasteiger partial charge in [-0.15, -0.1) is 0 Å². The molecule has 2 unspecified atom stereocenters. The lowest BCUT2D eigenvalue weighted by Crippen LogP contribution is -2.51. The van der Waals surface area contributed by atoms with Crippen LogP contribution in [0.2, 0.25) is 10.0 Å². The van der Waals surface area contributed by atoms with E-state index in [0.717, 1.165) is 0 Å². The lowest BCUT2D eigenvalue weighted by molar-refractivity contribution is -0.0747. The van der Waals surface area contributed by atoms with Gasteiger partial charge in [-0.2, -0.15) is 0 Å². The van der Waals surface area contributed by atoms with E-state index >= 15 is 0 Å². The Morgan fingerprint density at radius 2 is 2.25 bits per heavy atom. The minimum Gasteiger partial charge on any atom is -0.394 e. The molecule has 4 nitrogen and oxygen atoms in total. The number of nitrogens with zero attached hydrogens (tertiary/aromatic N) is 1. The number of halogens is 2. The van der Waals surface area contributed by atoms with Crippen LogP contribution in [0.15, 0.2) is 18.2 Å². The van der Waals surface area contributed by atoms with Gasteiger partial charge in [-0.05, 0) is 25.1 Å². The second kappa shape index (κ2) is 6.87. The average Bonchev–Trinajstić information content (AvgIpc) is 2.43. The Balaban J connectivity index is 2.08. The summed E-state index contributed by atoms with van der Waals surface area (Å²) in [4.78, 5) is 14.3. The minimum atomic E-state index is -0.242. The fourth-order valence-corrected chi connectivity index (χ4v) is 2.58. The number of carbonyl (C=O) groups is 1. The molecule has 0 spiro atoms. The van der Waals surface area contributed by atoms with Gasteiger partial charge in [0.2, 0.25) is 0 Å². The number of ketones is 1. The summed E-state index contributed by atoms with van der Waals surface area (Å²) >= 11 is 11.9. The molecular formula is C14H17Cl2NO3. The molecule has 1 aromatic carbocycles. The molecule has 1 fully saturated rings. The van der Waals surface area contributed by atoms with E-state index in [2.05, 4.69) is 0 Å². The van der Waals surface area contributed by atoms with E-state index in [-0.39, 0.29) is 31.1 Å². The molecule has 1 aliphatic heterocycles. The minimum absolute atomic E-state index is 0.0463. The van der Waals surface area contributed by atoms with Crippen LogP contribution in [0.1, 0.15) is 17.3 Å². The van der Waals surface area contributed by atoms with E-state index in [9.17, 15) is 4.79 Å². The third kappa shape index (κ3) is 3.71. The van der Waals surface area contributed by atoms with Crippen molar-refractivity contribution in [1.82, 2.24) is 4.90 Å². The summed E-state index contributed by atoms with van der Waals surface area (Å²) in [7, 11) is 0. The Morgan fingerprint density at radius 3 is 2.95 bits per heavy atom. The molecule has 20 heavy (non-hydrogen) atoms. The molecule has 1 aliphatic rings. The van der Waals surface area contributed by atoms with Gasteiger partial charge in [0.15, 0.2) is 5.78 Å². The summed E-state index contributed by atoms with van der Waals surface area (Å²) in [6.07, 6.45) is -0.242. The van der Waals surface area contributed by atoms with E-state index < -0.39 is 0 Å². The zero-order valence-electron chi connectivity index (χ0n) is 11.2. The van der Waals surface area contributed by atoms with Crippen LogP contribution in [0, 0.1) is 0 Å². The van der Waals surface area contributed by atoms with Crippen molar-refractivity contribution < 1.29 is 14.6 Å². The van der Waals surface area contributed by atoms with Gasteiger partial charge in [-0.25, -0.2) is 0 Å². The molecular weight excluding hydrogens is 301 g/mol. The molecule has 0 saturated carbocycles. The molecule has 2 atom stereocenters. The number of morpholine rings is 1. The van der Waals surface area contributed by atoms with E-state index in [4.69, 9.17) is 33.0 Å². The van der Waals surface area contributed by atoms with Crippen LogP contribution in [0.3, 0.4) is 0 Å². The Kier molecular flexibility index (Phi) is 5.41. The number of rotatable bonds is 4. The van der Waals surface area contributed by atoms with Crippen molar-refractivity contribution in [3.63, 3.8) is 0 Å². The van der Waals surface area contributed by atoms with E-state index in [0.29, 0.717) is 28.8 Å². The second-order valence-corrected chi connectivity index (χ2v) is 5.81. The molecule has 0 aromatic heterocycles. The van der Waals surface area contributed by atoms with Gasteiger partial charge in [0.05, 0.1) is 30.9 Å². The van der Waals surface area contributed by atoms with Gasteiger partial charge >= 0.3 is 0 Å². The summed E-state index contributed by atoms with van der Waals surface area (Å²) in [5.74, 6) is -0.0806. The van der Waals surface area contributed by atoms with Crippen LogP contribution in [-0.4, -0.2) is 54.2 Å². The molecule has 1 saturated heterocycles. The van der Waals surface area contributed by atoms with Crippen LogP contribution in [0.4, 0.5) is 0 Å². The van der Waals surface area contributed by atoms with E-state index in [1.54, 1.807) is 18.2 Å². The van der Waals surface area contributed by atoms with Gasteiger partial charge in [0.1, 0.15) is 0 Å². The maximum atomic E-state index is 12.3. The van der Waals surface area contributed by atoms with Crippen LogP contribution in [0.5, 0.6) is 0 Å². The molecule has 1 N–H and O–H groups in total.